The number of hydrogen-bond donors (Lipinski definition) is 1. The third-order valence-corrected chi connectivity index (χ3v) is 5.31. The second-order valence-corrected chi connectivity index (χ2v) is 7.44. The molecule has 2 aliphatic rings. The van der Waals surface area contributed by atoms with Crippen molar-refractivity contribution in [3.05, 3.63) is 36.5 Å². The van der Waals surface area contributed by atoms with Gasteiger partial charge in [-0.25, -0.2) is 0 Å². The zero-order valence-electron chi connectivity index (χ0n) is 17.2. The van der Waals surface area contributed by atoms with Crippen LogP contribution in [0.2, 0.25) is 0 Å². The summed E-state index contributed by atoms with van der Waals surface area (Å²) in [5.74, 6) is 0.846. The first-order valence-electron chi connectivity index (χ1n) is 10.2. The molecular weight excluding hydrogens is 368 g/mol. The molecule has 0 radical (unpaired) electrons. The molecule has 1 aromatic rings. The molecule has 0 bridgehead atoms. The molecule has 7 heteroatoms. The highest BCUT2D eigenvalue weighted by Crippen LogP contribution is 2.21. The van der Waals surface area contributed by atoms with Crippen LogP contribution >= 0.6 is 0 Å². The van der Waals surface area contributed by atoms with Gasteiger partial charge in [-0.2, -0.15) is 0 Å². The Morgan fingerprint density at radius 3 is 2.86 bits per heavy atom. The molecule has 3 rings (SSSR count). The molecule has 2 amide bonds. The Balaban J connectivity index is 1.52. The van der Waals surface area contributed by atoms with Crippen molar-refractivity contribution < 1.29 is 14.3 Å². The highest BCUT2D eigenvalue weighted by Gasteiger charge is 2.32. The van der Waals surface area contributed by atoms with E-state index in [2.05, 4.69) is 22.1 Å². The predicted octanol–water partition coefficient (Wildman–Crippen LogP) is 2.69. The molecule has 1 N–H and O–H groups in total. The van der Waals surface area contributed by atoms with Gasteiger partial charge in [-0.15, -0.1) is 0 Å². The summed E-state index contributed by atoms with van der Waals surface area (Å²) in [5.41, 5.74) is 0.741. The molecule has 0 spiro atoms. The average molecular weight is 399 g/mol. The van der Waals surface area contributed by atoms with Gasteiger partial charge in [0.15, 0.2) is 0 Å². The minimum Gasteiger partial charge on any atom is -0.497 e. The van der Waals surface area contributed by atoms with Crippen molar-refractivity contribution in [3.63, 3.8) is 0 Å². The lowest BCUT2D eigenvalue weighted by Crippen LogP contribution is -2.49. The number of benzene rings is 1. The maximum absolute atomic E-state index is 13.1. The number of anilines is 1. The summed E-state index contributed by atoms with van der Waals surface area (Å²) in [6.45, 7) is 4.04. The number of nitrogens with one attached hydrogen (secondary N) is 1. The largest absolute Gasteiger partial charge is 0.497 e. The minimum absolute atomic E-state index is 0.0499. The molecular formula is C22H30N4O3. The molecule has 2 aliphatic heterocycles. The van der Waals surface area contributed by atoms with Crippen LogP contribution in [-0.2, 0) is 9.59 Å². The van der Waals surface area contributed by atoms with Crippen LogP contribution in [0, 0.1) is 0 Å². The summed E-state index contributed by atoms with van der Waals surface area (Å²) in [6.07, 6.45) is 8.56. The Labute approximate surface area is 172 Å². The fourth-order valence-electron chi connectivity index (χ4n) is 3.71. The maximum Gasteiger partial charge on any atom is 0.245 e. The molecule has 0 aliphatic carbocycles. The Bertz CT molecular complexity index is 760. The van der Waals surface area contributed by atoms with Gasteiger partial charge in [-0.3, -0.25) is 14.6 Å². The van der Waals surface area contributed by atoms with Crippen molar-refractivity contribution in [2.75, 3.05) is 32.1 Å². The Morgan fingerprint density at radius 2 is 2.10 bits per heavy atom. The molecule has 2 heterocycles. The molecule has 2 atom stereocenters. The molecule has 7 nitrogen and oxygen atoms in total. The van der Waals surface area contributed by atoms with Crippen LogP contribution in [0.3, 0.4) is 0 Å². The van der Waals surface area contributed by atoms with E-state index in [4.69, 9.17) is 4.74 Å². The number of aliphatic imine (C=N–C) groups is 1. The van der Waals surface area contributed by atoms with Gasteiger partial charge in [0.1, 0.15) is 11.8 Å². The highest BCUT2D eigenvalue weighted by atomic mass is 16.5. The fourth-order valence-corrected chi connectivity index (χ4v) is 3.71. The first kappa shape index (κ1) is 20.9. The van der Waals surface area contributed by atoms with E-state index < -0.39 is 0 Å². The molecule has 156 valence electrons. The van der Waals surface area contributed by atoms with Crippen LogP contribution in [-0.4, -0.2) is 66.7 Å². The van der Waals surface area contributed by atoms with Gasteiger partial charge in [-0.05, 0) is 56.7 Å². The van der Waals surface area contributed by atoms with Gasteiger partial charge in [0.2, 0.25) is 11.8 Å². The van der Waals surface area contributed by atoms with Gasteiger partial charge in [0.25, 0.3) is 0 Å². The van der Waals surface area contributed by atoms with E-state index in [9.17, 15) is 9.59 Å². The van der Waals surface area contributed by atoms with E-state index in [0.717, 1.165) is 24.3 Å². The molecule has 2 unspecified atom stereocenters. The summed E-state index contributed by atoms with van der Waals surface area (Å²) < 4.78 is 5.12. The Hall–Kier alpha value is -2.83. The quantitative estimate of drug-likeness (QED) is 0.800. The SMILES string of the molecule is COc1ccc(NC(=O)CCCN2CCCN=CC(C)N3C=CCC3C2=O)cc1. The number of carbonyl (C=O) groups is 2. The number of nitrogens with zero attached hydrogens (tertiary/aromatic N) is 3. The molecule has 0 saturated carbocycles. The third-order valence-electron chi connectivity index (χ3n) is 5.31. The molecule has 0 saturated heterocycles. The van der Waals surface area contributed by atoms with E-state index in [1.165, 1.54) is 0 Å². The van der Waals surface area contributed by atoms with Gasteiger partial charge < -0.3 is 19.9 Å². The summed E-state index contributed by atoms with van der Waals surface area (Å²) in [5, 5.41) is 2.89. The molecule has 0 aromatic heterocycles. The van der Waals surface area contributed by atoms with E-state index in [1.807, 2.05) is 47.7 Å². The van der Waals surface area contributed by atoms with Gasteiger partial charge in [-0.1, -0.05) is 6.08 Å². The molecule has 1 aromatic carbocycles. The molecule has 29 heavy (non-hydrogen) atoms. The summed E-state index contributed by atoms with van der Waals surface area (Å²) in [7, 11) is 1.61. The van der Waals surface area contributed by atoms with E-state index in [-0.39, 0.29) is 23.9 Å². The Kier molecular flexibility index (Phi) is 7.27. The van der Waals surface area contributed by atoms with E-state index in [0.29, 0.717) is 32.5 Å². The van der Waals surface area contributed by atoms with Crippen LogP contribution < -0.4 is 10.1 Å². The van der Waals surface area contributed by atoms with Gasteiger partial charge >= 0.3 is 0 Å². The number of methoxy groups -OCH3 is 1. The Morgan fingerprint density at radius 1 is 1.31 bits per heavy atom. The zero-order valence-corrected chi connectivity index (χ0v) is 17.2. The van der Waals surface area contributed by atoms with Gasteiger partial charge in [0.05, 0.1) is 13.2 Å². The third kappa shape index (κ3) is 5.59. The van der Waals surface area contributed by atoms with Crippen LogP contribution in [0.15, 0.2) is 41.5 Å². The van der Waals surface area contributed by atoms with Crippen molar-refractivity contribution in [3.8, 4) is 5.75 Å². The van der Waals surface area contributed by atoms with E-state index in [1.54, 1.807) is 7.11 Å². The minimum atomic E-state index is -0.164. The van der Waals surface area contributed by atoms with Crippen LogP contribution in [0.4, 0.5) is 5.69 Å². The number of hydrogen-bond acceptors (Lipinski definition) is 5. The van der Waals surface area contributed by atoms with Crippen LogP contribution in [0.1, 0.15) is 32.6 Å². The first-order valence-corrected chi connectivity index (χ1v) is 10.2. The van der Waals surface area contributed by atoms with Crippen molar-refractivity contribution in [2.24, 2.45) is 4.99 Å². The highest BCUT2D eigenvalue weighted by molar-refractivity contribution is 5.90. The predicted molar refractivity (Wildman–Crippen MR) is 114 cm³/mol. The lowest BCUT2D eigenvalue weighted by Gasteiger charge is -2.34. The number of ether oxygens (including phenoxy) is 1. The summed E-state index contributed by atoms with van der Waals surface area (Å²) in [4.78, 5) is 33.8. The average Bonchev–Trinajstić information content (AvgIpc) is 3.22. The second-order valence-electron chi connectivity index (χ2n) is 7.44. The lowest BCUT2D eigenvalue weighted by molar-refractivity contribution is -0.136. The fraction of sp³-hybridized carbons (Fsp3) is 0.500. The van der Waals surface area contributed by atoms with Crippen molar-refractivity contribution in [1.82, 2.24) is 9.80 Å². The summed E-state index contributed by atoms with van der Waals surface area (Å²) >= 11 is 0. The topological polar surface area (TPSA) is 74.2 Å². The number of amides is 2. The number of rotatable bonds is 6. The standard InChI is InChI=1S/C22H30N4O3/c1-17-16-23-12-5-14-25(22(28)20-6-3-15-26(17)20)13-4-7-21(27)24-18-8-10-19(29-2)11-9-18/h3,8-11,15-17,20H,4-7,12-14H2,1-2H3,(H,24,27). The number of carbonyl (C=O) groups excluding carboxylic acids is 2. The van der Waals surface area contributed by atoms with Crippen molar-refractivity contribution >= 4 is 23.7 Å². The second kappa shape index (κ2) is 10.1. The molecule has 0 fully saturated rings. The van der Waals surface area contributed by atoms with Gasteiger partial charge in [0, 0.05) is 38.0 Å². The first-order chi connectivity index (χ1) is 14.1. The van der Waals surface area contributed by atoms with Crippen LogP contribution in [0.25, 0.3) is 0 Å². The van der Waals surface area contributed by atoms with Crippen molar-refractivity contribution in [2.45, 2.75) is 44.7 Å². The van der Waals surface area contributed by atoms with Crippen molar-refractivity contribution in [1.29, 1.82) is 0 Å². The monoisotopic (exact) mass is 398 g/mol. The van der Waals surface area contributed by atoms with E-state index >= 15 is 0 Å². The summed E-state index contributed by atoms with van der Waals surface area (Å²) in [6, 6.07) is 7.19. The normalized spacial score (nSPS) is 21.8. The van der Waals surface area contributed by atoms with Crippen LogP contribution in [0.5, 0.6) is 5.75 Å². The maximum atomic E-state index is 13.1. The lowest BCUT2D eigenvalue weighted by atomic mass is 10.1. The zero-order chi connectivity index (χ0) is 20.6. The smallest absolute Gasteiger partial charge is 0.245 e. The number of fused-ring (bicyclic) bond motifs is 1.